The Labute approximate surface area is 119 Å². The van der Waals surface area contributed by atoms with E-state index in [0.717, 1.165) is 20.9 Å². The highest BCUT2D eigenvalue weighted by atomic mass is 32.1. The van der Waals surface area contributed by atoms with Crippen LogP contribution in [0.2, 0.25) is 0 Å². The van der Waals surface area contributed by atoms with E-state index in [0.29, 0.717) is 13.2 Å². The van der Waals surface area contributed by atoms with Gasteiger partial charge in [0.15, 0.2) is 5.78 Å². The first-order valence-corrected chi connectivity index (χ1v) is 7.69. The molecule has 0 saturated carbocycles. The number of ketones is 1. The SMILES string of the molecule is O=C1/C(=C/c2cccs2)COC/C1=C\c1cccs1. The molecule has 1 saturated heterocycles. The van der Waals surface area contributed by atoms with Gasteiger partial charge < -0.3 is 4.74 Å². The van der Waals surface area contributed by atoms with Crippen molar-refractivity contribution in [3.63, 3.8) is 0 Å². The van der Waals surface area contributed by atoms with E-state index in [4.69, 9.17) is 4.74 Å². The van der Waals surface area contributed by atoms with E-state index in [9.17, 15) is 4.79 Å². The van der Waals surface area contributed by atoms with E-state index in [1.165, 1.54) is 0 Å². The zero-order valence-electron chi connectivity index (χ0n) is 10.2. The Balaban J connectivity index is 1.87. The highest BCUT2D eigenvalue weighted by Crippen LogP contribution is 2.22. The number of hydrogen-bond acceptors (Lipinski definition) is 4. The van der Waals surface area contributed by atoms with Crippen LogP contribution in [0.15, 0.2) is 46.2 Å². The summed E-state index contributed by atoms with van der Waals surface area (Å²) < 4.78 is 5.51. The molecule has 0 aromatic carbocycles. The lowest BCUT2D eigenvalue weighted by Gasteiger charge is -2.16. The third-order valence-corrected chi connectivity index (χ3v) is 4.46. The van der Waals surface area contributed by atoms with Crippen molar-refractivity contribution < 1.29 is 9.53 Å². The largest absolute Gasteiger partial charge is 0.372 e. The number of hydrogen-bond donors (Lipinski definition) is 0. The molecular weight excluding hydrogens is 276 g/mol. The van der Waals surface area contributed by atoms with E-state index in [1.807, 2.05) is 47.2 Å². The summed E-state index contributed by atoms with van der Waals surface area (Å²) in [5.41, 5.74) is 1.47. The minimum absolute atomic E-state index is 0.105. The van der Waals surface area contributed by atoms with Crippen molar-refractivity contribution in [2.75, 3.05) is 13.2 Å². The lowest BCUT2D eigenvalue weighted by atomic mass is 10.0. The monoisotopic (exact) mass is 288 g/mol. The maximum Gasteiger partial charge on any atom is 0.189 e. The molecule has 1 aliphatic heterocycles. The number of thiophene rings is 2. The molecule has 0 radical (unpaired) electrons. The van der Waals surface area contributed by atoms with Gasteiger partial charge in [-0.05, 0) is 35.0 Å². The zero-order chi connectivity index (χ0) is 13.1. The lowest BCUT2D eigenvalue weighted by molar-refractivity contribution is -0.114. The molecule has 1 fully saturated rings. The number of carbonyl (C=O) groups is 1. The van der Waals surface area contributed by atoms with Gasteiger partial charge >= 0.3 is 0 Å². The molecular formula is C15H12O2S2. The Bertz CT molecular complexity index is 565. The zero-order valence-corrected chi connectivity index (χ0v) is 11.8. The van der Waals surface area contributed by atoms with Gasteiger partial charge in [-0.15, -0.1) is 22.7 Å². The molecule has 3 rings (SSSR count). The van der Waals surface area contributed by atoms with Crippen molar-refractivity contribution in [2.45, 2.75) is 0 Å². The molecule has 0 unspecified atom stereocenters. The smallest absolute Gasteiger partial charge is 0.189 e. The third kappa shape index (κ3) is 2.92. The average molecular weight is 288 g/mol. The van der Waals surface area contributed by atoms with Crippen LogP contribution in [0.5, 0.6) is 0 Å². The fraction of sp³-hybridized carbons (Fsp3) is 0.133. The molecule has 0 atom stereocenters. The number of rotatable bonds is 2. The van der Waals surface area contributed by atoms with E-state index >= 15 is 0 Å². The Kier molecular flexibility index (Phi) is 3.73. The predicted molar refractivity (Wildman–Crippen MR) is 80.4 cm³/mol. The molecule has 96 valence electrons. The van der Waals surface area contributed by atoms with Crippen LogP contribution < -0.4 is 0 Å². The Morgan fingerprint density at radius 2 is 1.47 bits per heavy atom. The maximum atomic E-state index is 12.4. The fourth-order valence-electron chi connectivity index (χ4n) is 1.91. The predicted octanol–water partition coefficient (Wildman–Crippen LogP) is 3.88. The molecule has 0 bridgehead atoms. The van der Waals surface area contributed by atoms with Crippen molar-refractivity contribution in [1.82, 2.24) is 0 Å². The van der Waals surface area contributed by atoms with E-state index in [1.54, 1.807) is 22.7 Å². The minimum atomic E-state index is 0.105. The quantitative estimate of drug-likeness (QED) is 0.784. The lowest BCUT2D eigenvalue weighted by Crippen LogP contribution is -2.21. The van der Waals surface area contributed by atoms with Crippen molar-refractivity contribution in [2.24, 2.45) is 0 Å². The second-order valence-corrected chi connectivity index (χ2v) is 6.15. The highest BCUT2D eigenvalue weighted by molar-refractivity contribution is 7.11. The summed E-state index contributed by atoms with van der Waals surface area (Å²) in [5, 5.41) is 4.01. The first kappa shape index (κ1) is 12.5. The van der Waals surface area contributed by atoms with Gasteiger partial charge in [-0.25, -0.2) is 0 Å². The van der Waals surface area contributed by atoms with Gasteiger partial charge in [0.2, 0.25) is 0 Å². The topological polar surface area (TPSA) is 26.3 Å². The van der Waals surface area contributed by atoms with Gasteiger partial charge in [0.05, 0.1) is 13.2 Å². The maximum absolute atomic E-state index is 12.4. The Morgan fingerprint density at radius 1 is 0.947 bits per heavy atom. The van der Waals surface area contributed by atoms with E-state index < -0.39 is 0 Å². The van der Waals surface area contributed by atoms with Gasteiger partial charge in [-0.3, -0.25) is 4.79 Å². The summed E-state index contributed by atoms with van der Waals surface area (Å²) in [6.07, 6.45) is 3.85. The van der Waals surface area contributed by atoms with Gasteiger partial charge in [0.25, 0.3) is 0 Å². The highest BCUT2D eigenvalue weighted by Gasteiger charge is 2.21. The molecule has 4 heteroatoms. The third-order valence-electron chi connectivity index (χ3n) is 2.82. The second-order valence-electron chi connectivity index (χ2n) is 4.19. The second kappa shape index (κ2) is 5.65. The van der Waals surface area contributed by atoms with Crippen LogP contribution in [-0.4, -0.2) is 19.0 Å². The van der Waals surface area contributed by atoms with Crippen LogP contribution >= 0.6 is 22.7 Å². The molecule has 3 heterocycles. The first-order valence-electron chi connectivity index (χ1n) is 5.93. The van der Waals surface area contributed by atoms with Gasteiger partial charge in [0, 0.05) is 20.9 Å². The van der Waals surface area contributed by atoms with Gasteiger partial charge in [-0.2, -0.15) is 0 Å². The molecule has 1 aliphatic rings. The average Bonchev–Trinajstić information content (AvgIpc) is 3.07. The van der Waals surface area contributed by atoms with Crippen LogP contribution in [0.25, 0.3) is 12.2 Å². The van der Waals surface area contributed by atoms with E-state index in [-0.39, 0.29) is 5.78 Å². The minimum Gasteiger partial charge on any atom is -0.372 e. The Morgan fingerprint density at radius 3 is 1.89 bits per heavy atom. The van der Waals surface area contributed by atoms with E-state index in [2.05, 4.69) is 0 Å². The fourth-order valence-corrected chi connectivity index (χ4v) is 3.28. The number of carbonyl (C=O) groups excluding carboxylic acids is 1. The Hall–Kier alpha value is -1.49. The van der Waals surface area contributed by atoms with Gasteiger partial charge in [-0.1, -0.05) is 12.1 Å². The summed E-state index contributed by atoms with van der Waals surface area (Å²) in [4.78, 5) is 14.5. The van der Waals surface area contributed by atoms with Crippen molar-refractivity contribution in [3.8, 4) is 0 Å². The molecule has 2 nitrogen and oxygen atoms in total. The molecule has 2 aromatic rings. The van der Waals surface area contributed by atoms with Crippen LogP contribution in [0.1, 0.15) is 9.75 Å². The van der Waals surface area contributed by atoms with Crippen LogP contribution in [0.4, 0.5) is 0 Å². The van der Waals surface area contributed by atoms with Gasteiger partial charge in [0.1, 0.15) is 0 Å². The molecule has 0 spiro atoms. The van der Waals surface area contributed by atoms with Crippen molar-refractivity contribution in [3.05, 3.63) is 55.9 Å². The summed E-state index contributed by atoms with van der Waals surface area (Å²) in [5.74, 6) is 0.105. The summed E-state index contributed by atoms with van der Waals surface area (Å²) in [6, 6.07) is 7.96. The first-order chi connectivity index (χ1) is 9.33. The van der Waals surface area contributed by atoms with Crippen LogP contribution in [0.3, 0.4) is 0 Å². The van der Waals surface area contributed by atoms with Crippen molar-refractivity contribution >= 4 is 40.6 Å². The summed E-state index contributed by atoms with van der Waals surface area (Å²) in [7, 11) is 0. The molecule has 0 amide bonds. The standard InChI is InChI=1S/C15H12O2S2/c16-15-11(7-13-3-1-5-18-13)9-17-10-12(15)8-14-4-2-6-19-14/h1-8H,9-10H2/b11-7+,12-8+. The number of ether oxygens (including phenoxy) is 1. The van der Waals surface area contributed by atoms with Crippen LogP contribution in [0, 0.1) is 0 Å². The van der Waals surface area contributed by atoms with Crippen LogP contribution in [-0.2, 0) is 9.53 Å². The molecule has 19 heavy (non-hydrogen) atoms. The molecule has 0 N–H and O–H groups in total. The van der Waals surface area contributed by atoms with Crippen molar-refractivity contribution in [1.29, 1.82) is 0 Å². The summed E-state index contributed by atoms with van der Waals surface area (Å²) in [6.45, 7) is 0.803. The number of Topliss-reactive ketones (excluding diaryl/α,β-unsaturated/α-hetero) is 1. The normalized spacial score (nSPS) is 20.3. The molecule has 0 aliphatic carbocycles. The molecule has 2 aromatic heterocycles. The summed E-state index contributed by atoms with van der Waals surface area (Å²) >= 11 is 3.25.